The summed E-state index contributed by atoms with van der Waals surface area (Å²) in [5.41, 5.74) is 3.21. The van der Waals surface area contributed by atoms with Crippen LogP contribution in [-0.2, 0) is 22.6 Å². The van der Waals surface area contributed by atoms with Crippen molar-refractivity contribution in [1.82, 2.24) is 25.2 Å². The van der Waals surface area contributed by atoms with Crippen molar-refractivity contribution in [2.45, 2.75) is 26.0 Å². The van der Waals surface area contributed by atoms with E-state index in [9.17, 15) is 4.79 Å². The molecular weight excluding hydrogens is 390 g/mol. The van der Waals surface area contributed by atoms with Gasteiger partial charge in [0.1, 0.15) is 12.9 Å². The van der Waals surface area contributed by atoms with Gasteiger partial charge in [-0.15, -0.1) is 5.10 Å². The van der Waals surface area contributed by atoms with Gasteiger partial charge in [-0.3, -0.25) is 0 Å². The molecule has 0 aliphatic rings. The average molecular weight is 408 g/mol. The van der Waals surface area contributed by atoms with Crippen molar-refractivity contribution in [2.75, 3.05) is 0 Å². The maximum Gasteiger partial charge on any atom is 0.331 e. The van der Waals surface area contributed by atoms with Crippen LogP contribution in [0, 0.1) is 6.92 Å². The molecule has 2 heterocycles. The lowest BCUT2D eigenvalue weighted by Gasteiger charge is -2.16. The van der Waals surface area contributed by atoms with E-state index in [4.69, 9.17) is 16.3 Å². The van der Waals surface area contributed by atoms with Gasteiger partial charge in [0.2, 0.25) is 0 Å². The second-order valence-electron chi connectivity index (χ2n) is 6.62. The van der Waals surface area contributed by atoms with Gasteiger partial charge >= 0.3 is 5.97 Å². The summed E-state index contributed by atoms with van der Waals surface area (Å²) in [4.78, 5) is 17.4. The standard InChI is InChI=1S/C21H18ClN5O2/c1-14-16-9-5-6-10-17(16)24-18(20(14)22)12-29-21(28)19(27-13-23-25-26-27)11-15-7-3-2-4-8-15/h2-10,13,19H,11-12H2,1H3/t19-/m1/s1. The zero-order valence-corrected chi connectivity index (χ0v) is 16.5. The number of rotatable bonds is 6. The van der Waals surface area contributed by atoms with Crippen molar-refractivity contribution in [3.8, 4) is 0 Å². The van der Waals surface area contributed by atoms with Crippen LogP contribution in [0.4, 0.5) is 0 Å². The smallest absolute Gasteiger partial charge is 0.331 e. The van der Waals surface area contributed by atoms with Gasteiger partial charge in [-0.25, -0.2) is 14.5 Å². The van der Waals surface area contributed by atoms with Crippen LogP contribution in [0.5, 0.6) is 0 Å². The molecule has 29 heavy (non-hydrogen) atoms. The van der Waals surface area contributed by atoms with E-state index in [1.165, 1.54) is 11.0 Å². The molecule has 0 radical (unpaired) electrons. The molecule has 4 aromatic rings. The van der Waals surface area contributed by atoms with E-state index in [0.29, 0.717) is 17.1 Å². The van der Waals surface area contributed by atoms with Gasteiger partial charge in [0, 0.05) is 11.8 Å². The Morgan fingerprint density at radius 3 is 2.66 bits per heavy atom. The summed E-state index contributed by atoms with van der Waals surface area (Å²) in [5, 5.41) is 12.6. The van der Waals surface area contributed by atoms with Crippen LogP contribution in [0.2, 0.25) is 5.02 Å². The number of hydrogen-bond acceptors (Lipinski definition) is 6. The van der Waals surface area contributed by atoms with Crippen LogP contribution < -0.4 is 0 Å². The molecule has 1 atom stereocenters. The van der Waals surface area contributed by atoms with Gasteiger partial charge in [-0.2, -0.15) is 0 Å². The molecule has 2 aromatic heterocycles. The summed E-state index contributed by atoms with van der Waals surface area (Å²) in [7, 11) is 0. The molecule has 0 unspecified atom stereocenters. The topological polar surface area (TPSA) is 82.8 Å². The van der Waals surface area contributed by atoms with E-state index in [-0.39, 0.29) is 6.61 Å². The SMILES string of the molecule is Cc1c(Cl)c(COC(=O)[C@@H](Cc2ccccc2)n2cnnn2)nc2ccccc12. The minimum Gasteiger partial charge on any atom is -0.458 e. The first kappa shape index (κ1) is 19.0. The molecule has 146 valence electrons. The van der Waals surface area contributed by atoms with Gasteiger partial charge in [0.25, 0.3) is 0 Å². The number of para-hydroxylation sites is 1. The lowest BCUT2D eigenvalue weighted by atomic mass is 10.1. The number of aromatic nitrogens is 5. The fourth-order valence-electron chi connectivity index (χ4n) is 3.18. The van der Waals surface area contributed by atoms with Crippen molar-refractivity contribution in [3.05, 3.63) is 82.8 Å². The third kappa shape index (κ3) is 4.09. The number of esters is 1. The van der Waals surface area contributed by atoms with E-state index in [1.54, 1.807) is 0 Å². The Morgan fingerprint density at radius 1 is 1.14 bits per heavy atom. The molecule has 0 aliphatic heterocycles. The molecule has 0 amide bonds. The van der Waals surface area contributed by atoms with Crippen molar-refractivity contribution in [2.24, 2.45) is 0 Å². The number of carbonyl (C=O) groups excluding carboxylic acids is 1. The Kier molecular flexibility index (Phi) is 5.48. The number of benzene rings is 2. The molecule has 7 nitrogen and oxygen atoms in total. The van der Waals surface area contributed by atoms with Crippen LogP contribution in [0.3, 0.4) is 0 Å². The lowest BCUT2D eigenvalue weighted by molar-refractivity contribution is -0.149. The molecule has 0 fully saturated rings. The fraction of sp³-hybridized carbons (Fsp3) is 0.190. The molecule has 0 bridgehead atoms. The molecule has 0 N–H and O–H groups in total. The fourth-order valence-corrected chi connectivity index (χ4v) is 3.38. The maximum absolute atomic E-state index is 12.9. The van der Waals surface area contributed by atoms with Crippen LogP contribution in [0.1, 0.15) is 22.9 Å². The normalized spacial score (nSPS) is 12.1. The van der Waals surface area contributed by atoms with E-state index in [1.807, 2.05) is 61.5 Å². The number of hydrogen-bond donors (Lipinski definition) is 0. The number of aryl methyl sites for hydroxylation is 1. The Morgan fingerprint density at radius 2 is 1.90 bits per heavy atom. The first-order valence-electron chi connectivity index (χ1n) is 9.10. The Bertz CT molecular complexity index is 1130. The minimum absolute atomic E-state index is 0.0310. The number of halogens is 1. The molecule has 4 rings (SSSR count). The van der Waals surface area contributed by atoms with E-state index < -0.39 is 12.0 Å². The zero-order chi connectivity index (χ0) is 20.2. The lowest BCUT2D eigenvalue weighted by Crippen LogP contribution is -2.25. The number of ether oxygens (including phenoxy) is 1. The number of fused-ring (bicyclic) bond motifs is 1. The molecular formula is C21H18ClN5O2. The van der Waals surface area contributed by atoms with Crippen LogP contribution in [0.15, 0.2) is 60.9 Å². The predicted octanol–water partition coefficient (Wildman–Crippen LogP) is 3.71. The number of nitrogens with zero attached hydrogens (tertiary/aromatic N) is 5. The van der Waals surface area contributed by atoms with Gasteiger partial charge in [0.15, 0.2) is 6.04 Å². The first-order valence-corrected chi connectivity index (χ1v) is 9.48. The maximum atomic E-state index is 12.9. The molecule has 2 aromatic carbocycles. The van der Waals surface area contributed by atoms with Crippen molar-refractivity contribution < 1.29 is 9.53 Å². The molecule has 0 saturated heterocycles. The van der Waals surface area contributed by atoms with Crippen LogP contribution in [0.25, 0.3) is 10.9 Å². The van der Waals surface area contributed by atoms with Gasteiger partial charge < -0.3 is 4.74 Å². The minimum atomic E-state index is -0.687. The Labute approximate surface area is 172 Å². The molecule has 0 spiro atoms. The summed E-state index contributed by atoms with van der Waals surface area (Å²) in [5.74, 6) is -0.454. The van der Waals surface area contributed by atoms with E-state index in [2.05, 4.69) is 20.5 Å². The molecule has 0 saturated carbocycles. The van der Waals surface area contributed by atoms with Gasteiger partial charge in [0.05, 0.1) is 16.2 Å². The van der Waals surface area contributed by atoms with Crippen LogP contribution >= 0.6 is 11.6 Å². The van der Waals surface area contributed by atoms with Gasteiger partial charge in [-0.05, 0) is 34.5 Å². The summed E-state index contributed by atoms with van der Waals surface area (Å²) in [6.45, 7) is 1.90. The highest BCUT2D eigenvalue weighted by molar-refractivity contribution is 6.32. The molecule has 0 aliphatic carbocycles. The predicted molar refractivity (Wildman–Crippen MR) is 108 cm³/mol. The molecule has 8 heteroatoms. The highest BCUT2D eigenvalue weighted by Gasteiger charge is 2.24. The van der Waals surface area contributed by atoms with Crippen molar-refractivity contribution >= 4 is 28.5 Å². The largest absolute Gasteiger partial charge is 0.458 e. The van der Waals surface area contributed by atoms with Crippen molar-refractivity contribution in [3.63, 3.8) is 0 Å². The number of carbonyl (C=O) groups is 1. The van der Waals surface area contributed by atoms with E-state index >= 15 is 0 Å². The zero-order valence-electron chi connectivity index (χ0n) is 15.7. The van der Waals surface area contributed by atoms with Crippen LogP contribution in [-0.4, -0.2) is 31.2 Å². The number of pyridine rings is 1. The Balaban J connectivity index is 1.55. The van der Waals surface area contributed by atoms with Gasteiger partial charge in [-0.1, -0.05) is 60.1 Å². The monoisotopic (exact) mass is 407 g/mol. The second-order valence-corrected chi connectivity index (χ2v) is 7.00. The highest BCUT2D eigenvalue weighted by Crippen LogP contribution is 2.27. The summed E-state index contributed by atoms with van der Waals surface area (Å²) in [6.07, 6.45) is 1.81. The highest BCUT2D eigenvalue weighted by atomic mass is 35.5. The summed E-state index contributed by atoms with van der Waals surface area (Å²) >= 11 is 6.47. The Hall–Kier alpha value is -3.32. The quantitative estimate of drug-likeness (QED) is 0.453. The van der Waals surface area contributed by atoms with E-state index in [0.717, 1.165) is 22.0 Å². The third-order valence-electron chi connectivity index (χ3n) is 4.73. The second kappa shape index (κ2) is 8.36. The number of tetrazole rings is 1. The third-order valence-corrected chi connectivity index (χ3v) is 5.23. The summed E-state index contributed by atoms with van der Waals surface area (Å²) in [6, 6.07) is 16.7. The van der Waals surface area contributed by atoms with Crippen molar-refractivity contribution in [1.29, 1.82) is 0 Å². The average Bonchev–Trinajstić information content (AvgIpc) is 3.28. The first-order chi connectivity index (χ1) is 14.1. The summed E-state index contributed by atoms with van der Waals surface area (Å²) < 4.78 is 6.97.